The summed E-state index contributed by atoms with van der Waals surface area (Å²) < 4.78 is 65.6. The molecule has 1 heterocycles. The lowest BCUT2D eigenvalue weighted by molar-refractivity contribution is -0.137. The number of fused-ring (bicyclic) bond motifs is 1. The number of sulfonamides is 1. The number of amides is 1. The Morgan fingerprint density at radius 1 is 1.00 bits per heavy atom. The third-order valence-electron chi connectivity index (χ3n) is 4.76. The van der Waals surface area contributed by atoms with Crippen molar-refractivity contribution in [3.05, 3.63) is 94.5 Å². The molecule has 0 aromatic heterocycles. The fraction of sp³-hybridized carbons (Fsp3) is 0.0909. The van der Waals surface area contributed by atoms with Crippen molar-refractivity contribution in [3.63, 3.8) is 0 Å². The number of alkyl halides is 3. The molecule has 0 spiro atoms. The fourth-order valence-corrected chi connectivity index (χ4v) is 4.82. The van der Waals surface area contributed by atoms with Crippen molar-refractivity contribution in [2.24, 2.45) is 5.10 Å². The highest BCUT2D eigenvalue weighted by atomic mass is 35.5. The van der Waals surface area contributed by atoms with Gasteiger partial charge in [0.05, 0.1) is 10.5 Å². The highest BCUT2D eigenvalue weighted by Crippen LogP contribution is 2.32. The number of benzene rings is 3. The van der Waals surface area contributed by atoms with Gasteiger partial charge in [-0.05, 0) is 36.4 Å². The molecule has 0 bridgehead atoms. The molecule has 0 aliphatic carbocycles. The van der Waals surface area contributed by atoms with Gasteiger partial charge in [0.1, 0.15) is 12.3 Å². The van der Waals surface area contributed by atoms with Crippen LogP contribution in [0.2, 0.25) is 5.02 Å². The van der Waals surface area contributed by atoms with Gasteiger partial charge in [-0.15, -0.1) is 0 Å². The molecule has 0 unspecified atom stereocenters. The first-order chi connectivity index (χ1) is 15.6. The molecule has 0 atom stereocenters. The van der Waals surface area contributed by atoms with Crippen molar-refractivity contribution >= 4 is 38.9 Å². The molecule has 0 fully saturated rings. The molecule has 3 aromatic rings. The number of hydrogen-bond donors (Lipinski definition) is 1. The Morgan fingerprint density at radius 2 is 1.73 bits per heavy atom. The van der Waals surface area contributed by atoms with E-state index in [0.717, 1.165) is 18.2 Å². The molecular weight excluding hydrogens is 479 g/mol. The average molecular weight is 494 g/mol. The number of anilines is 1. The van der Waals surface area contributed by atoms with E-state index in [0.29, 0.717) is 15.0 Å². The lowest BCUT2D eigenvalue weighted by Crippen LogP contribution is -2.38. The molecule has 33 heavy (non-hydrogen) atoms. The van der Waals surface area contributed by atoms with Crippen LogP contribution in [0.15, 0.2) is 82.8 Å². The molecule has 1 aliphatic heterocycles. The second-order valence-corrected chi connectivity index (χ2v) is 9.32. The average Bonchev–Trinajstić information content (AvgIpc) is 2.76. The molecule has 0 radical (unpaired) electrons. The van der Waals surface area contributed by atoms with Crippen molar-refractivity contribution < 1.29 is 26.4 Å². The van der Waals surface area contributed by atoms with E-state index in [4.69, 9.17) is 11.6 Å². The van der Waals surface area contributed by atoms with Crippen molar-refractivity contribution in [2.45, 2.75) is 11.1 Å². The van der Waals surface area contributed by atoms with Gasteiger partial charge in [0.2, 0.25) is 5.91 Å². The van der Waals surface area contributed by atoms with Gasteiger partial charge in [-0.25, -0.2) is 0 Å². The van der Waals surface area contributed by atoms with Crippen molar-refractivity contribution in [2.75, 3.05) is 11.9 Å². The van der Waals surface area contributed by atoms with Gasteiger partial charge in [-0.1, -0.05) is 48.0 Å². The molecule has 1 aliphatic rings. The SMILES string of the molecule is O=C(CN1N=C(c2ccccc2)c2cc(Cl)ccc2S1(=O)=O)Nc1cccc(C(F)(F)F)c1. The van der Waals surface area contributed by atoms with Crippen LogP contribution < -0.4 is 5.32 Å². The highest BCUT2D eigenvalue weighted by Gasteiger charge is 2.35. The summed E-state index contributed by atoms with van der Waals surface area (Å²) in [5, 5.41) is 6.79. The van der Waals surface area contributed by atoms with Crippen LogP contribution in [0, 0.1) is 0 Å². The van der Waals surface area contributed by atoms with Crippen LogP contribution in [0.3, 0.4) is 0 Å². The maximum Gasteiger partial charge on any atom is 0.416 e. The summed E-state index contributed by atoms with van der Waals surface area (Å²) in [5.41, 5.74) is 0.0991. The molecular formula is C22H15ClF3N3O3S. The van der Waals surface area contributed by atoms with E-state index in [1.807, 2.05) is 0 Å². The van der Waals surface area contributed by atoms with Crippen molar-refractivity contribution in [3.8, 4) is 0 Å². The summed E-state index contributed by atoms with van der Waals surface area (Å²) in [6.07, 6.45) is -4.59. The third-order valence-corrected chi connectivity index (χ3v) is 6.68. The van der Waals surface area contributed by atoms with E-state index in [2.05, 4.69) is 10.4 Å². The van der Waals surface area contributed by atoms with Gasteiger partial charge in [0.25, 0.3) is 10.0 Å². The minimum absolute atomic E-state index is 0.0902. The standard InChI is InChI=1S/C22H15ClF3N3O3S/c23-16-9-10-19-18(12-16)21(14-5-2-1-3-6-14)28-29(33(19,31)32)13-20(30)27-17-8-4-7-15(11-17)22(24,25)26/h1-12H,13H2,(H,27,30). The minimum Gasteiger partial charge on any atom is -0.324 e. The summed E-state index contributed by atoms with van der Waals surface area (Å²) in [6, 6.07) is 17.0. The summed E-state index contributed by atoms with van der Waals surface area (Å²) in [5.74, 6) is -0.855. The third kappa shape index (κ3) is 4.71. The molecule has 6 nitrogen and oxygen atoms in total. The first kappa shape index (κ1) is 22.8. The zero-order chi connectivity index (χ0) is 23.8. The number of nitrogens with one attached hydrogen (secondary N) is 1. The summed E-state index contributed by atoms with van der Waals surface area (Å²) in [4.78, 5) is 12.5. The van der Waals surface area contributed by atoms with E-state index in [-0.39, 0.29) is 21.9 Å². The quantitative estimate of drug-likeness (QED) is 0.569. The van der Waals surface area contributed by atoms with E-state index in [1.165, 1.54) is 24.3 Å². The molecule has 3 aromatic carbocycles. The van der Waals surface area contributed by atoms with Crippen LogP contribution in [0.25, 0.3) is 0 Å². The zero-order valence-electron chi connectivity index (χ0n) is 16.7. The Labute approximate surface area is 192 Å². The zero-order valence-corrected chi connectivity index (χ0v) is 18.2. The number of nitrogens with zero attached hydrogens (tertiary/aromatic N) is 2. The van der Waals surface area contributed by atoms with Gasteiger partial charge in [0.15, 0.2) is 0 Å². The number of hydrazone groups is 1. The Balaban J connectivity index is 1.67. The molecule has 4 rings (SSSR count). The molecule has 1 N–H and O–H groups in total. The molecule has 0 saturated heterocycles. The van der Waals surface area contributed by atoms with Crippen LogP contribution in [-0.4, -0.2) is 31.0 Å². The maximum atomic E-state index is 13.1. The van der Waals surface area contributed by atoms with E-state index >= 15 is 0 Å². The van der Waals surface area contributed by atoms with Gasteiger partial charge in [-0.2, -0.15) is 31.1 Å². The Bertz CT molecular complexity index is 1360. The van der Waals surface area contributed by atoms with Gasteiger partial charge >= 0.3 is 6.18 Å². The number of rotatable bonds is 4. The highest BCUT2D eigenvalue weighted by molar-refractivity contribution is 7.89. The first-order valence-corrected chi connectivity index (χ1v) is 11.3. The van der Waals surface area contributed by atoms with Crippen LogP contribution in [0.1, 0.15) is 16.7 Å². The summed E-state index contributed by atoms with van der Waals surface area (Å²) in [7, 11) is -4.21. The lowest BCUT2D eigenvalue weighted by Gasteiger charge is -2.27. The predicted molar refractivity (Wildman–Crippen MR) is 117 cm³/mol. The van der Waals surface area contributed by atoms with Gasteiger partial charge in [0, 0.05) is 21.8 Å². The minimum atomic E-state index is -4.59. The monoisotopic (exact) mass is 493 g/mol. The van der Waals surface area contributed by atoms with Crippen molar-refractivity contribution in [1.82, 2.24) is 4.41 Å². The number of halogens is 4. The van der Waals surface area contributed by atoms with E-state index in [1.54, 1.807) is 30.3 Å². The van der Waals surface area contributed by atoms with Crippen molar-refractivity contribution in [1.29, 1.82) is 0 Å². The molecule has 0 saturated carbocycles. The second kappa shape index (κ2) is 8.53. The fourth-order valence-electron chi connectivity index (χ4n) is 3.27. The number of carbonyl (C=O) groups is 1. The van der Waals surface area contributed by atoms with Crippen LogP contribution in [-0.2, 0) is 21.0 Å². The predicted octanol–water partition coefficient (Wildman–Crippen LogP) is 4.75. The molecule has 11 heteroatoms. The van der Waals surface area contributed by atoms with Crippen LogP contribution >= 0.6 is 11.6 Å². The topological polar surface area (TPSA) is 78.8 Å². The van der Waals surface area contributed by atoms with E-state index < -0.39 is 34.2 Å². The second-order valence-electron chi connectivity index (χ2n) is 7.07. The Hall–Kier alpha value is -3.37. The normalized spacial score (nSPS) is 14.9. The summed E-state index contributed by atoms with van der Waals surface area (Å²) >= 11 is 6.07. The lowest BCUT2D eigenvalue weighted by atomic mass is 10.0. The van der Waals surface area contributed by atoms with E-state index in [9.17, 15) is 26.4 Å². The number of carbonyl (C=O) groups excluding carboxylic acids is 1. The van der Waals surface area contributed by atoms with Crippen LogP contribution in [0.4, 0.5) is 18.9 Å². The van der Waals surface area contributed by atoms with Gasteiger partial charge in [-0.3, -0.25) is 4.79 Å². The number of hydrogen-bond acceptors (Lipinski definition) is 4. The summed E-state index contributed by atoms with van der Waals surface area (Å²) in [6.45, 7) is -0.739. The Kier molecular flexibility index (Phi) is 5.89. The molecule has 1 amide bonds. The Morgan fingerprint density at radius 3 is 2.42 bits per heavy atom. The van der Waals surface area contributed by atoms with Crippen LogP contribution in [0.5, 0.6) is 0 Å². The van der Waals surface area contributed by atoms with Gasteiger partial charge < -0.3 is 5.32 Å². The first-order valence-electron chi connectivity index (χ1n) is 9.49. The smallest absolute Gasteiger partial charge is 0.324 e. The molecule has 170 valence electrons. The largest absolute Gasteiger partial charge is 0.416 e. The maximum absolute atomic E-state index is 13.1.